The summed E-state index contributed by atoms with van der Waals surface area (Å²) < 4.78 is 1.76. The highest BCUT2D eigenvalue weighted by molar-refractivity contribution is 5.59. The molecule has 2 aromatic heterocycles. The van der Waals surface area contributed by atoms with Crippen molar-refractivity contribution in [3.63, 3.8) is 0 Å². The Morgan fingerprint density at radius 3 is 3.08 bits per heavy atom. The van der Waals surface area contributed by atoms with E-state index in [4.69, 9.17) is 5.26 Å². The average Bonchev–Trinajstić information content (AvgIpc) is 2.49. The summed E-state index contributed by atoms with van der Waals surface area (Å²) in [5.74, 6) is 0. The van der Waals surface area contributed by atoms with Crippen molar-refractivity contribution in [1.82, 2.24) is 9.61 Å². The fourth-order valence-corrected chi connectivity index (χ4v) is 1.23. The van der Waals surface area contributed by atoms with Gasteiger partial charge in [0, 0.05) is 5.69 Å². The summed E-state index contributed by atoms with van der Waals surface area (Å²) >= 11 is 0. The van der Waals surface area contributed by atoms with E-state index >= 15 is 0 Å². The topological polar surface area (TPSA) is 41.1 Å². The minimum atomic E-state index is 0.624. The van der Waals surface area contributed by atoms with Crippen LogP contribution in [0.4, 0.5) is 0 Å². The normalized spacial score (nSPS) is 10.0. The number of rotatable bonds is 0. The van der Waals surface area contributed by atoms with Crippen LogP contribution in [0.5, 0.6) is 0 Å². The van der Waals surface area contributed by atoms with Crippen molar-refractivity contribution in [2.24, 2.45) is 0 Å². The Morgan fingerprint density at radius 1 is 1.50 bits per heavy atom. The van der Waals surface area contributed by atoms with Gasteiger partial charge in [0.05, 0.1) is 17.3 Å². The van der Waals surface area contributed by atoms with Crippen molar-refractivity contribution in [2.75, 3.05) is 0 Å². The summed E-state index contributed by atoms with van der Waals surface area (Å²) in [4.78, 5) is 0. The smallest absolute Gasteiger partial charge is 0.103 e. The molecule has 0 saturated heterocycles. The van der Waals surface area contributed by atoms with Crippen LogP contribution in [0, 0.1) is 18.3 Å². The third-order valence-electron chi connectivity index (χ3n) is 1.85. The number of aryl methyl sites for hydroxylation is 1. The highest BCUT2D eigenvalue weighted by Gasteiger charge is 2.02. The van der Waals surface area contributed by atoms with E-state index in [9.17, 15) is 0 Å². The van der Waals surface area contributed by atoms with Crippen LogP contribution in [0.15, 0.2) is 24.4 Å². The number of nitriles is 1. The van der Waals surface area contributed by atoms with Gasteiger partial charge in [-0.2, -0.15) is 10.4 Å². The molecule has 0 fully saturated rings. The summed E-state index contributed by atoms with van der Waals surface area (Å²) in [6.07, 6.45) is 1.59. The van der Waals surface area contributed by atoms with Crippen molar-refractivity contribution in [1.29, 1.82) is 5.26 Å². The molecule has 0 aromatic carbocycles. The molecule has 0 unspecified atom stereocenters. The van der Waals surface area contributed by atoms with Crippen LogP contribution in [-0.4, -0.2) is 9.61 Å². The van der Waals surface area contributed by atoms with E-state index in [-0.39, 0.29) is 0 Å². The molecule has 2 rings (SSSR count). The lowest BCUT2D eigenvalue weighted by Gasteiger charge is -1.96. The van der Waals surface area contributed by atoms with E-state index in [0.29, 0.717) is 5.56 Å². The number of hydrogen-bond donors (Lipinski definition) is 0. The zero-order valence-electron chi connectivity index (χ0n) is 6.65. The maximum Gasteiger partial charge on any atom is 0.103 e. The highest BCUT2D eigenvalue weighted by Crippen LogP contribution is 2.10. The van der Waals surface area contributed by atoms with E-state index in [2.05, 4.69) is 11.2 Å². The number of pyridine rings is 1. The standard InChI is InChI=1S/C9H7N3/c1-7-3-2-4-9-8(5-10)6-11-12(7)9/h2-4,6H,1H3. The summed E-state index contributed by atoms with van der Waals surface area (Å²) in [6.45, 7) is 1.96. The quantitative estimate of drug-likeness (QED) is 0.581. The number of fused-ring (bicyclic) bond motifs is 1. The summed E-state index contributed by atoms with van der Waals surface area (Å²) in [7, 11) is 0. The molecule has 12 heavy (non-hydrogen) atoms. The molecule has 0 amide bonds. The van der Waals surface area contributed by atoms with Gasteiger partial charge in [-0.3, -0.25) is 0 Å². The maximum absolute atomic E-state index is 8.71. The van der Waals surface area contributed by atoms with Gasteiger partial charge >= 0.3 is 0 Å². The average molecular weight is 157 g/mol. The van der Waals surface area contributed by atoms with Crippen molar-refractivity contribution in [3.05, 3.63) is 35.7 Å². The molecule has 0 N–H and O–H groups in total. The second-order valence-electron chi connectivity index (χ2n) is 2.63. The number of aromatic nitrogens is 2. The Balaban J connectivity index is 2.91. The van der Waals surface area contributed by atoms with Gasteiger partial charge in [-0.1, -0.05) is 6.07 Å². The van der Waals surface area contributed by atoms with Crippen LogP contribution in [0.2, 0.25) is 0 Å². The summed E-state index contributed by atoms with van der Waals surface area (Å²) in [5.41, 5.74) is 2.53. The van der Waals surface area contributed by atoms with Crippen molar-refractivity contribution in [2.45, 2.75) is 6.92 Å². The lowest BCUT2D eigenvalue weighted by molar-refractivity contribution is 0.915. The Hall–Kier alpha value is -1.82. The zero-order valence-corrected chi connectivity index (χ0v) is 6.65. The van der Waals surface area contributed by atoms with E-state index in [1.165, 1.54) is 0 Å². The van der Waals surface area contributed by atoms with Gasteiger partial charge in [-0.25, -0.2) is 4.52 Å². The third kappa shape index (κ3) is 0.785. The predicted molar refractivity (Wildman–Crippen MR) is 44.6 cm³/mol. The molecular formula is C9H7N3. The first-order chi connectivity index (χ1) is 5.83. The Morgan fingerprint density at radius 2 is 2.33 bits per heavy atom. The molecule has 2 aromatic rings. The van der Waals surface area contributed by atoms with Crippen molar-refractivity contribution in [3.8, 4) is 6.07 Å². The van der Waals surface area contributed by atoms with E-state index in [1.54, 1.807) is 10.7 Å². The summed E-state index contributed by atoms with van der Waals surface area (Å²) in [6, 6.07) is 7.86. The van der Waals surface area contributed by atoms with Gasteiger partial charge in [0.25, 0.3) is 0 Å². The second-order valence-corrected chi connectivity index (χ2v) is 2.63. The molecule has 0 atom stereocenters. The van der Waals surface area contributed by atoms with Crippen LogP contribution in [0.1, 0.15) is 11.3 Å². The largest absolute Gasteiger partial charge is 0.237 e. The second kappa shape index (κ2) is 2.35. The molecule has 3 nitrogen and oxygen atoms in total. The van der Waals surface area contributed by atoms with Gasteiger partial charge in [0.15, 0.2) is 0 Å². The first-order valence-electron chi connectivity index (χ1n) is 3.66. The molecule has 0 spiro atoms. The van der Waals surface area contributed by atoms with Gasteiger partial charge in [-0.15, -0.1) is 0 Å². The molecule has 0 aliphatic heterocycles. The minimum absolute atomic E-state index is 0.624. The van der Waals surface area contributed by atoms with Crippen LogP contribution in [0.3, 0.4) is 0 Å². The lowest BCUT2D eigenvalue weighted by atomic mass is 10.3. The van der Waals surface area contributed by atoms with E-state index in [1.807, 2.05) is 25.1 Å². The molecule has 0 saturated carbocycles. The fraction of sp³-hybridized carbons (Fsp3) is 0.111. The van der Waals surface area contributed by atoms with Crippen LogP contribution in [-0.2, 0) is 0 Å². The fourth-order valence-electron chi connectivity index (χ4n) is 1.23. The molecule has 0 aliphatic carbocycles. The van der Waals surface area contributed by atoms with Gasteiger partial charge in [0.1, 0.15) is 6.07 Å². The van der Waals surface area contributed by atoms with Gasteiger partial charge < -0.3 is 0 Å². The van der Waals surface area contributed by atoms with Crippen molar-refractivity contribution < 1.29 is 0 Å². The highest BCUT2D eigenvalue weighted by atomic mass is 15.2. The molecular weight excluding hydrogens is 150 g/mol. The number of nitrogens with zero attached hydrogens (tertiary/aromatic N) is 3. The molecule has 58 valence electrons. The summed E-state index contributed by atoms with van der Waals surface area (Å²) in [5, 5.41) is 12.8. The van der Waals surface area contributed by atoms with Gasteiger partial charge in [-0.05, 0) is 19.1 Å². The zero-order chi connectivity index (χ0) is 8.55. The van der Waals surface area contributed by atoms with E-state index in [0.717, 1.165) is 11.2 Å². The SMILES string of the molecule is Cc1cccc2c(C#N)cnn12. The number of hydrogen-bond acceptors (Lipinski definition) is 2. The van der Waals surface area contributed by atoms with Crippen LogP contribution in [0.25, 0.3) is 5.52 Å². The Kier molecular flexibility index (Phi) is 1.34. The van der Waals surface area contributed by atoms with Crippen molar-refractivity contribution >= 4 is 5.52 Å². The molecule has 0 radical (unpaired) electrons. The van der Waals surface area contributed by atoms with Crippen LogP contribution < -0.4 is 0 Å². The predicted octanol–water partition coefficient (Wildman–Crippen LogP) is 1.51. The van der Waals surface area contributed by atoms with Crippen LogP contribution >= 0.6 is 0 Å². The monoisotopic (exact) mass is 157 g/mol. The van der Waals surface area contributed by atoms with Gasteiger partial charge in [0.2, 0.25) is 0 Å². The minimum Gasteiger partial charge on any atom is -0.237 e. The molecule has 0 aliphatic rings. The maximum atomic E-state index is 8.71. The Labute approximate surface area is 69.9 Å². The molecule has 3 heteroatoms. The molecule has 0 bridgehead atoms. The van der Waals surface area contributed by atoms with E-state index < -0.39 is 0 Å². The first kappa shape index (κ1) is 6.86. The lowest BCUT2D eigenvalue weighted by Crippen LogP contribution is -1.90. The Bertz CT molecular complexity index is 462. The third-order valence-corrected chi connectivity index (χ3v) is 1.85. The molecule has 2 heterocycles. The first-order valence-corrected chi connectivity index (χ1v) is 3.66.